The standard InChI is InChI=1S/C31H43FN2O6/c1-30(2)11-5-6-24(30)33-28(36)25-17-7-8-18(14-17)26(25)34-27(35)20-15-23(21(32)16-22(20)39-4)40-19-9-12-31(3,13-10-19)29(37)38/h15-19,24-26H,5-14H2,1-4H3,(H,33,36)(H,34,35)(H,37,38)/t17-,18+,19?,24-,25+,26-,31?/m1/s1. The second-order valence-corrected chi connectivity index (χ2v) is 13.5. The van der Waals surface area contributed by atoms with Gasteiger partial charge in [-0.2, -0.15) is 0 Å². The first-order chi connectivity index (χ1) is 18.9. The van der Waals surface area contributed by atoms with Crippen LogP contribution >= 0.6 is 0 Å². The predicted octanol–water partition coefficient (Wildman–Crippen LogP) is 5.09. The molecule has 0 radical (unpaired) electrons. The summed E-state index contributed by atoms with van der Waals surface area (Å²) in [7, 11) is 1.39. The van der Waals surface area contributed by atoms with Gasteiger partial charge >= 0.3 is 5.97 Å². The molecule has 0 aromatic heterocycles. The van der Waals surface area contributed by atoms with E-state index in [9.17, 15) is 23.9 Å². The van der Waals surface area contributed by atoms with Gasteiger partial charge in [0.05, 0.1) is 30.1 Å². The summed E-state index contributed by atoms with van der Waals surface area (Å²) in [5, 5.41) is 15.9. The van der Waals surface area contributed by atoms with Crippen LogP contribution in [-0.4, -0.2) is 48.2 Å². The third-order valence-corrected chi connectivity index (χ3v) is 10.4. The maximum atomic E-state index is 15.0. The highest BCUT2D eigenvalue weighted by molar-refractivity contribution is 5.98. The summed E-state index contributed by atoms with van der Waals surface area (Å²) in [5.41, 5.74) is -0.585. The van der Waals surface area contributed by atoms with E-state index in [0.717, 1.165) is 44.6 Å². The molecule has 9 heteroatoms. The molecule has 4 aliphatic carbocycles. The Balaban J connectivity index is 1.30. The highest BCUT2D eigenvalue weighted by atomic mass is 19.1. The van der Waals surface area contributed by atoms with E-state index in [1.165, 1.54) is 13.2 Å². The Bertz CT molecular complexity index is 1160. The van der Waals surface area contributed by atoms with Crippen molar-refractivity contribution in [1.29, 1.82) is 0 Å². The zero-order valence-corrected chi connectivity index (χ0v) is 24.1. The van der Waals surface area contributed by atoms with Crippen LogP contribution in [0.25, 0.3) is 0 Å². The minimum atomic E-state index is -0.833. The second-order valence-electron chi connectivity index (χ2n) is 13.5. The van der Waals surface area contributed by atoms with Crippen LogP contribution in [0, 0.1) is 34.4 Å². The van der Waals surface area contributed by atoms with Gasteiger partial charge in [-0.15, -0.1) is 0 Å². The molecule has 0 saturated heterocycles. The summed E-state index contributed by atoms with van der Waals surface area (Å²) in [4.78, 5) is 38.7. The molecule has 5 atom stereocenters. The molecule has 4 saturated carbocycles. The Morgan fingerprint density at radius 3 is 2.27 bits per heavy atom. The third-order valence-electron chi connectivity index (χ3n) is 10.4. The van der Waals surface area contributed by atoms with E-state index in [1.807, 2.05) is 0 Å². The first-order valence-electron chi connectivity index (χ1n) is 14.8. The quantitative estimate of drug-likeness (QED) is 0.410. The fourth-order valence-electron chi connectivity index (χ4n) is 7.68. The summed E-state index contributed by atoms with van der Waals surface area (Å²) in [6, 6.07) is 2.38. The molecule has 2 amide bonds. The predicted molar refractivity (Wildman–Crippen MR) is 147 cm³/mol. The first kappa shape index (κ1) is 28.7. The largest absolute Gasteiger partial charge is 0.496 e. The number of amides is 2. The number of halogens is 1. The molecule has 0 heterocycles. The number of rotatable bonds is 8. The van der Waals surface area contributed by atoms with Crippen molar-refractivity contribution in [3.63, 3.8) is 0 Å². The van der Waals surface area contributed by atoms with Gasteiger partial charge in [0.1, 0.15) is 5.75 Å². The Kier molecular flexibility index (Phi) is 7.79. The maximum Gasteiger partial charge on any atom is 0.309 e. The Hall–Kier alpha value is -2.84. The van der Waals surface area contributed by atoms with Crippen molar-refractivity contribution in [3.8, 4) is 11.5 Å². The molecule has 220 valence electrons. The minimum Gasteiger partial charge on any atom is -0.496 e. The highest BCUT2D eigenvalue weighted by Crippen LogP contribution is 2.49. The number of carboxylic acids is 1. The van der Waals surface area contributed by atoms with Crippen LogP contribution in [0.5, 0.6) is 11.5 Å². The molecule has 0 aliphatic heterocycles. The number of aliphatic carboxylic acids is 1. The van der Waals surface area contributed by atoms with Gasteiger partial charge in [-0.05, 0) is 88.0 Å². The first-order valence-corrected chi connectivity index (χ1v) is 14.8. The summed E-state index contributed by atoms with van der Waals surface area (Å²) in [6.07, 6.45) is 7.53. The Labute approximate surface area is 235 Å². The Morgan fingerprint density at radius 1 is 0.950 bits per heavy atom. The number of hydrogen-bond donors (Lipinski definition) is 3. The number of benzene rings is 1. The molecule has 0 unspecified atom stereocenters. The maximum absolute atomic E-state index is 15.0. The van der Waals surface area contributed by atoms with Crippen molar-refractivity contribution in [3.05, 3.63) is 23.5 Å². The number of carboxylic acid groups (broad SMARTS) is 1. The molecule has 5 rings (SSSR count). The SMILES string of the molecule is COc1cc(F)c(OC2CCC(C)(C(=O)O)CC2)cc1C(=O)N[C@@H]1[C@H]2CC[C@H](C2)[C@@H]1C(=O)N[C@@H]1CCCC1(C)C. The summed E-state index contributed by atoms with van der Waals surface area (Å²) in [6.45, 7) is 6.12. The monoisotopic (exact) mass is 558 g/mol. The molecule has 3 N–H and O–H groups in total. The summed E-state index contributed by atoms with van der Waals surface area (Å²) >= 11 is 0. The zero-order chi connectivity index (χ0) is 28.8. The molecule has 1 aromatic carbocycles. The Morgan fingerprint density at radius 2 is 1.65 bits per heavy atom. The van der Waals surface area contributed by atoms with Gasteiger partial charge in [-0.25, -0.2) is 4.39 Å². The lowest BCUT2D eigenvalue weighted by molar-refractivity contribution is -0.150. The van der Waals surface area contributed by atoms with Crippen molar-refractivity contribution < 1.29 is 33.4 Å². The molecular weight excluding hydrogens is 515 g/mol. The average molecular weight is 559 g/mol. The van der Waals surface area contributed by atoms with Crippen molar-refractivity contribution in [2.45, 2.75) is 103 Å². The lowest BCUT2D eigenvalue weighted by atomic mass is 9.75. The smallest absolute Gasteiger partial charge is 0.309 e. The minimum absolute atomic E-state index is 0.0261. The molecule has 2 bridgehead atoms. The van der Waals surface area contributed by atoms with Gasteiger partial charge in [0.25, 0.3) is 5.91 Å². The number of methoxy groups -OCH3 is 1. The van der Waals surface area contributed by atoms with Gasteiger partial charge in [-0.1, -0.05) is 20.3 Å². The van der Waals surface area contributed by atoms with Crippen LogP contribution in [0.15, 0.2) is 12.1 Å². The second kappa shape index (κ2) is 10.9. The number of nitrogens with one attached hydrogen (secondary N) is 2. The molecule has 0 spiro atoms. The lowest BCUT2D eigenvalue weighted by Gasteiger charge is -2.34. The zero-order valence-electron chi connectivity index (χ0n) is 24.1. The van der Waals surface area contributed by atoms with E-state index >= 15 is 0 Å². The third kappa shape index (κ3) is 5.40. The van der Waals surface area contributed by atoms with Crippen LogP contribution in [0.1, 0.15) is 95.3 Å². The van der Waals surface area contributed by atoms with Gasteiger partial charge in [0.2, 0.25) is 5.91 Å². The summed E-state index contributed by atoms with van der Waals surface area (Å²) < 4.78 is 26.3. The van der Waals surface area contributed by atoms with E-state index in [4.69, 9.17) is 9.47 Å². The van der Waals surface area contributed by atoms with Gasteiger partial charge < -0.3 is 25.2 Å². The fraction of sp³-hybridized carbons (Fsp3) is 0.710. The highest BCUT2D eigenvalue weighted by Gasteiger charge is 2.52. The van der Waals surface area contributed by atoms with Crippen LogP contribution < -0.4 is 20.1 Å². The van der Waals surface area contributed by atoms with E-state index in [1.54, 1.807) is 6.92 Å². The molecular formula is C31H43FN2O6. The van der Waals surface area contributed by atoms with Crippen LogP contribution in [-0.2, 0) is 9.59 Å². The van der Waals surface area contributed by atoms with Crippen molar-refractivity contribution in [2.24, 2.45) is 28.6 Å². The molecule has 8 nitrogen and oxygen atoms in total. The normalized spacial score (nSPS) is 34.3. The number of ether oxygens (including phenoxy) is 2. The number of carbonyl (C=O) groups excluding carboxylic acids is 2. The van der Waals surface area contributed by atoms with Crippen LogP contribution in [0.4, 0.5) is 4.39 Å². The van der Waals surface area contributed by atoms with E-state index < -0.39 is 23.1 Å². The van der Waals surface area contributed by atoms with E-state index in [0.29, 0.717) is 25.7 Å². The summed E-state index contributed by atoms with van der Waals surface area (Å²) in [5.74, 6) is -1.63. The van der Waals surface area contributed by atoms with E-state index in [-0.39, 0.29) is 64.3 Å². The van der Waals surface area contributed by atoms with Gasteiger partial charge in [0, 0.05) is 18.2 Å². The molecule has 40 heavy (non-hydrogen) atoms. The van der Waals surface area contributed by atoms with Crippen molar-refractivity contribution in [1.82, 2.24) is 10.6 Å². The average Bonchev–Trinajstić information content (AvgIpc) is 3.61. The molecule has 1 aromatic rings. The van der Waals surface area contributed by atoms with Crippen LogP contribution in [0.3, 0.4) is 0 Å². The fourth-order valence-corrected chi connectivity index (χ4v) is 7.68. The van der Waals surface area contributed by atoms with Crippen LogP contribution in [0.2, 0.25) is 0 Å². The van der Waals surface area contributed by atoms with Crippen molar-refractivity contribution in [2.75, 3.05) is 7.11 Å². The topological polar surface area (TPSA) is 114 Å². The van der Waals surface area contributed by atoms with Crippen molar-refractivity contribution >= 4 is 17.8 Å². The van der Waals surface area contributed by atoms with Gasteiger partial charge in [-0.3, -0.25) is 14.4 Å². The number of carbonyl (C=O) groups is 3. The molecule has 4 fully saturated rings. The lowest BCUT2D eigenvalue weighted by Crippen LogP contribution is -2.53. The number of hydrogen-bond acceptors (Lipinski definition) is 5. The molecule has 4 aliphatic rings. The van der Waals surface area contributed by atoms with Gasteiger partial charge in [0.15, 0.2) is 11.6 Å². The van der Waals surface area contributed by atoms with E-state index in [2.05, 4.69) is 24.5 Å². The number of fused-ring (bicyclic) bond motifs is 2.